The molecule has 3 aromatic rings. The second-order valence-electron chi connectivity index (χ2n) is 3.09. The maximum Gasteiger partial charge on any atom is 0.348 e. The third-order valence-corrected chi connectivity index (χ3v) is 2.75. The van der Waals surface area contributed by atoms with Gasteiger partial charge in [0.15, 0.2) is 11.0 Å². The van der Waals surface area contributed by atoms with Crippen LogP contribution in [0.15, 0.2) is 34.9 Å². The van der Waals surface area contributed by atoms with Gasteiger partial charge in [-0.25, -0.2) is 0 Å². The average molecular weight is 265 g/mol. The van der Waals surface area contributed by atoms with E-state index < -0.39 is 0 Å². The summed E-state index contributed by atoms with van der Waals surface area (Å²) in [6.07, 6.45) is 1.58. The summed E-state index contributed by atoms with van der Waals surface area (Å²) in [5.41, 5.74) is 1.83. The van der Waals surface area contributed by atoms with Crippen molar-refractivity contribution in [3.05, 3.63) is 40.1 Å². The van der Waals surface area contributed by atoms with Crippen molar-refractivity contribution >= 4 is 32.6 Å². The predicted octanol–water partition coefficient (Wildman–Crippen LogP) is 1.28. The van der Waals surface area contributed by atoms with Gasteiger partial charge in [-0.3, -0.25) is 0 Å². The van der Waals surface area contributed by atoms with Crippen LogP contribution in [0.1, 0.15) is 0 Å². The van der Waals surface area contributed by atoms with E-state index in [-0.39, 0.29) is 0 Å². The second kappa shape index (κ2) is 2.90. The van der Waals surface area contributed by atoms with Gasteiger partial charge >= 0.3 is 5.65 Å². The van der Waals surface area contributed by atoms with Crippen LogP contribution in [0.4, 0.5) is 0 Å². The highest BCUT2D eigenvalue weighted by Crippen LogP contribution is 2.17. The van der Waals surface area contributed by atoms with Crippen LogP contribution in [0.2, 0.25) is 0 Å². The number of nitrogens with zero attached hydrogens (tertiary/aromatic N) is 4. The van der Waals surface area contributed by atoms with Crippen molar-refractivity contribution < 1.29 is 4.85 Å². The Morgan fingerprint density at radius 3 is 3.00 bits per heavy atom. The molecule has 0 saturated heterocycles. The highest BCUT2D eigenvalue weighted by Gasteiger charge is 2.16. The lowest BCUT2D eigenvalue weighted by Gasteiger charge is -2.01. The molecular weight excluding hydrogens is 260 g/mol. The first kappa shape index (κ1) is 8.60. The topological polar surface area (TPSA) is 57.1 Å². The summed E-state index contributed by atoms with van der Waals surface area (Å²) in [5, 5.41) is 19.6. The molecule has 2 aromatic heterocycles. The lowest BCUT2D eigenvalue weighted by Crippen LogP contribution is -2.33. The molecule has 6 heteroatoms. The van der Waals surface area contributed by atoms with Crippen LogP contribution in [0.5, 0.6) is 0 Å². The normalized spacial score (nSPS) is 11.3. The molecule has 74 valence electrons. The fourth-order valence-electron chi connectivity index (χ4n) is 1.54. The van der Waals surface area contributed by atoms with E-state index in [1.165, 1.54) is 0 Å². The molecule has 0 unspecified atom stereocenters. The van der Waals surface area contributed by atoms with Crippen molar-refractivity contribution in [3.8, 4) is 0 Å². The Kier molecular flexibility index (Phi) is 1.66. The van der Waals surface area contributed by atoms with Gasteiger partial charge in [-0.05, 0) is 28.1 Å². The van der Waals surface area contributed by atoms with E-state index in [1.807, 2.05) is 18.2 Å². The molecule has 0 saturated carbocycles. The summed E-state index contributed by atoms with van der Waals surface area (Å²) in [4.78, 5) is 0.569. The summed E-state index contributed by atoms with van der Waals surface area (Å²) in [6.45, 7) is 0. The van der Waals surface area contributed by atoms with E-state index >= 15 is 0 Å². The third kappa shape index (κ3) is 1.11. The minimum absolute atomic E-state index is 0.397. The molecule has 0 aliphatic carbocycles. The molecule has 0 bridgehead atoms. The highest BCUT2D eigenvalue weighted by atomic mass is 79.9. The Bertz CT molecular complexity index is 664. The molecular formula is C9H5BrN4O. The fraction of sp³-hybridized carbons (Fsp3) is 0. The smallest absolute Gasteiger partial charge is 0.348 e. The van der Waals surface area contributed by atoms with Crippen LogP contribution in [-0.4, -0.2) is 14.7 Å². The van der Waals surface area contributed by atoms with E-state index in [0.29, 0.717) is 20.5 Å². The lowest BCUT2D eigenvalue weighted by atomic mass is 10.3. The Morgan fingerprint density at radius 1 is 1.33 bits per heavy atom. The Labute approximate surface area is 92.7 Å². The van der Waals surface area contributed by atoms with Gasteiger partial charge in [0.1, 0.15) is 4.47 Å². The van der Waals surface area contributed by atoms with Crippen molar-refractivity contribution in [2.75, 3.05) is 0 Å². The number of para-hydroxylation sites is 1. The van der Waals surface area contributed by atoms with Gasteiger partial charge < -0.3 is 5.21 Å². The van der Waals surface area contributed by atoms with Crippen LogP contribution >= 0.6 is 15.9 Å². The molecule has 0 amide bonds. The maximum atomic E-state index is 11.6. The van der Waals surface area contributed by atoms with E-state index in [2.05, 4.69) is 26.1 Å². The monoisotopic (exact) mass is 264 g/mol. The molecule has 0 aliphatic heterocycles. The average Bonchev–Trinajstić information content (AvgIpc) is 2.62. The molecule has 1 aromatic carbocycles. The van der Waals surface area contributed by atoms with Gasteiger partial charge in [-0.2, -0.15) is 0 Å². The number of rotatable bonds is 0. The molecule has 0 aliphatic rings. The Hall–Kier alpha value is -1.69. The van der Waals surface area contributed by atoms with E-state index in [1.54, 1.807) is 16.8 Å². The summed E-state index contributed by atoms with van der Waals surface area (Å²) >= 11 is 3.26. The zero-order valence-electron chi connectivity index (χ0n) is 7.46. The lowest BCUT2D eigenvalue weighted by molar-refractivity contribution is -0.643. The molecule has 0 fully saturated rings. The van der Waals surface area contributed by atoms with E-state index in [4.69, 9.17) is 0 Å². The maximum absolute atomic E-state index is 11.6. The van der Waals surface area contributed by atoms with Crippen molar-refractivity contribution in [2.45, 2.75) is 0 Å². The van der Waals surface area contributed by atoms with E-state index in [9.17, 15) is 5.21 Å². The number of hydrogen-bond donors (Lipinski definition) is 0. The van der Waals surface area contributed by atoms with Crippen molar-refractivity contribution in [2.24, 2.45) is 0 Å². The molecule has 0 spiro atoms. The van der Waals surface area contributed by atoms with Gasteiger partial charge in [0, 0.05) is 0 Å². The number of benzene rings is 1. The third-order valence-electron chi connectivity index (χ3n) is 2.19. The summed E-state index contributed by atoms with van der Waals surface area (Å²) in [7, 11) is 0. The fourth-order valence-corrected chi connectivity index (χ4v) is 1.95. The van der Waals surface area contributed by atoms with Crippen molar-refractivity contribution in [1.82, 2.24) is 14.7 Å². The van der Waals surface area contributed by atoms with Gasteiger partial charge in [-0.1, -0.05) is 26.8 Å². The van der Waals surface area contributed by atoms with Crippen LogP contribution in [0.3, 0.4) is 0 Å². The zero-order chi connectivity index (χ0) is 10.4. The molecule has 2 heterocycles. The Balaban J connectivity index is 2.65. The zero-order valence-corrected chi connectivity index (χ0v) is 9.05. The largest absolute Gasteiger partial charge is 0.691 e. The minimum Gasteiger partial charge on any atom is -0.691 e. The van der Waals surface area contributed by atoms with Gasteiger partial charge in [0.05, 0.1) is 6.20 Å². The Morgan fingerprint density at radius 2 is 2.13 bits per heavy atom. The van der Waals surface area contributed by atoms with Crippen LogP contribution < -0.4 is 4.85 Å². The van der Waals surface area contributed by atoms with Crippen LogP contribution in [-0.2, 0) is 0 Å². The highest BCUT2D eigenvalue weighted by molar-refractivity contribution is 9.10. The summed E-state index contributed by atoms with van der Waals surface area (Å²) < 4.78 is 2.20. The first-order chi connectivity index (χ1) is 7.27. The quantitative estimate of drug-likeness (QED) is 0.454. The van der Waals surface area contributed by atoms with E-state index in [0.717, 1.165) is 5.52 Å². The predicted molar refractivity (Wildman–Crippen MR) is 57.2 cm³/mol. The molecule has 5 nitrogen and oxygen atoms in total. The first-order valence-electron chi connectivity index (χ1n) is 4.29. The van der Waals surface area contributed by atoms with Gasteiger partial charge in [-0.15, -0.1) is 4.85 Å². The SMILES string of the molecule is [O-][n+]1nc2ccccc2n2ncc(Br)c21. The summed E-state index contributed by atoms with van der Waals surface area (Å²) in [5.74, 6) is 0. The molecule has 0 N–H and O–H groups in total. The number of halogens is 1. The van der Waals surface area contributed by atoms with Gasteiger partial charge in [0.25, 0.3) is 0 Å². The number of aromatic nitrogens is 4. The molecule has 15 heavy (non-hydrogen) atoms. The molecule has 3 rings (SSSR count). The number of fused-ring (bicyclic) bond motifs is 3. The van der Waals surface area contributed by atoms with Crippen molar-refractivity contribution in [3.63, 3.8) is 0 Å². The standard InChI is InChI=1S/C9H5BrN4O/c10-6-5-11-13-8-4-2-1-3-7(8)12-14(15)9(6)13/h1-5H. The molecule has 0 radical (unpaired) electrons. The first-order valence-corrected chi connectivity index (χ1v) is 5.08. The second-order valence-corrected chi connectivity index (χ2v) is 3.94. The minimum atomic E-state index is 0.397. The molecule has 0 atom stereocenters. The van der Waals surface area contributed by atoms with Crippen molar-refractivity contribution in [1.29, 1.82) is 0 Å². The van der Waals surface area contributed by atoms with Gasteiger partial charge in [0.2, 0.25) is 0 Å². The van der Waals surface area contributed by atoms with Crippen LogP contribution in [0.25, 0.3) is 16.7 Å². The number of hydrogen-bond acceptors (Lipinski definition) is 3. The summed E-state index contributed by atoms with van der Waals surface area (Å²) in [6, 6.07) is 7.36. The van der Waals surface area contributed by atoms with Crippen LogP contribution in [0, 0.1) is 5.21 Å².